The van der Waals surface area contributed by atoms with Crippen molar-refractivity contribution < 1.29 is 9.21 Å². The Bertz CT molecular complexity index is 749. The topological polar surface area (TPSA) is 60.1 Å². The number of rotatable bonds is 4. The van der Waals surface area contributed by atoms with Crippen LogP contribution in [0.4, 0.5) is 5.69 Å². The molecule has 2 aromatic heterocycles. The Hall–Kier alpha value is -2.53. The van der Waals surface area contributed by atoms with E-state index in [9.17, 15) is 4.79 Å². The van der Waals surface area contributed by atoms with Gasteiger partial charge in [0.15, 0.2) is 0 Å². The maximum absolute atomic E-state index is 12.0. The largest absolute Gasteiger partial charge is 0.452 e. The first-order valence-electron chi connectivity index (χ1n) is 6.33. The molecule has 3 rings (SSSR count). The number of nitrogens with zero attached hydrogens (tertiary/aromatic N) is 2. The van der Waals surface area contributed by atoms with Crippen LogP contribution in [0.1, 0.15) is 15.9 Å². The van der Waals surface area contributed by atoms with E-state index in [2.05, 4.69) is 10.4 Å². The minimum absolute atomic E-state index is 0.0733. The lowest BCUT2D eigenvalue weighted by Gasteiger charge is -2.01. The minimum atomic E-state index is -0.326. The quantitative estimate of drug-likeness (QED) is 0.803. The molecule has 0 aliphatic rings. The number of aromatic nitrogens is 2. The SMILES string of the molecule is O=C(Nc1cnn(Cc2ccccc2)c1)c1ccoc1Cl. The zero-order valence-electron chi connectivity index (χ0n) is 11.0. The lowest BCUT2D eigenvalue weighted by atomic mass is 10.2. The van der Waals surface area contributed by atoms with E-state index in [0.717, 1.165) is 5.56 Å². The van der Waals surface area contributed by atoms with Crippen LogP contribution < -0.4 is 5.32 Å². The number of hydrogen-bond donors (Lipinski definition) is 1. The molecule has 1 N–H and O–H groups in total. The first-order chi connectivity index (χ1) is 10.2. The average Bonchev–Trinajstić information content (AvgIpc) is 3.09. The Morgan fingerprint density at radius 1 is 1.29 bits per heavy atom. The Kier molecular flexibility index (Phi) is 3.75. The number of furan rings is 1. The third-order valence-electron chi connectivity index (χ3n) is 2.94. The summed E-state index contributed by atoms with van der Waals surface area (Å²) in [6.45, 7) is 0.642. The minimum Gasteiger partial charge on any atom is -0.452 e. The van der Waals surface area contributed by atoms with E-state index in [4.69, 9.17) is 16.0 Å². The number of anilines is 1. The van der Waals surface area contributed by atoms with Crippen molar-refractivity contribution >= 4 is 23.2 Å². The molecular weight excluding hydrogens is 290 g/mol. The normalized spacial score (nSPS) is 10.5. The van der Waals surface area contributed by atoms with Crippen LogP contribution in [0.3, 0.4) is 0 Å². The summed E-state index contributed by atoms with van der Waals surface area (Å²) in [6.07, 6.45) is 4.73. The zero-order chi connectivity index (χ0) is 14.7. The van der Waals surface area contributed by atoms with Crippen molar-refractivity contribution in [1.29, 1.82) is 0 Å². The van der Waals surface area contributed by atoms with Crippen LogP contribution in [0.25, 0.3) is 0 Å². The molecule has 0 unspecified atom stereocenters. The highest BCUT2D eigenvalue weighted by Crippen LogP contribution is 2.18. The van der Waals surface area contributed by atoms with Crippen LogP contribution in [0, 0.1) is 0 Å². The molecule has 0 atom stereocenters. The maximum Gasteiger partial charge on any atom is 0.260 e. The zero-order valence-corrected chi connectivity index (χ0v) is 11.7. The molecule has 1 amide bonds. The molecule has 2 heterocycles. The molecule has 0 saturated carbocycles. The smallest absolute Gasteiger partial charge is 0.260 e. The van der Waals surface area contributed by atoms with Crippen molar-refractivity contribution in [3.05, 3.63) is 71.4 Å². The summed E-state index contributed by atoms with van der Waals surface area (Å²) in [7, 11) is 0. The van der Waals surface area contributed by atoms with Gasteiger partial charge < -0.3 is 9.73 Å². The van der Waals surface area contributed by atoms with Crippen LogP contribution in [0.5, 0.6) is 0 Å². The molecule has 0 radical (unpaired) electrons. The average molecular weight is 302 g/mol. The van der Waals surface area contributed by atoms with Gasteiger partial charge in [-0.3, -0.25) is 9.48 Å². The van der Waals surface area contributed by atoms with Crippen LogP contribution in [0.15, 0.2) is 59.5 Å². The first-order valence-corrected chi connectivity index (χ1v) is 6.71. The summed E-state index contributed by atoms with van der Waals surface area (Å²) < 4.78 is 6.64. The highest BCUT2D eigenvalue weighted by atomic mass is 35.5. The Labute approximate surface area is 126 Å². The molecule has 0 aliphatic heterocycles. The second kappa shape index (κ2) is 5.85. The van der Waals surface area contributed by atoms with Crippen molar-refractivity contribution in [2.75, 3.05) is 5.32 Å². The Balaban J connectivity index is 1.68. The van der Waals surface area contributed by atoms with Gasteiger partial charge in [-0.25, -0.2) is 0 Å². The van der Waals surface area contributed by atoms with Gasteiger partial charge in [-0.15, -0.1) is 0 Å². The van der Waals surface area contributed by atoms with E-state index < -0.39 is 0 Å². The third kappa shape index (κ3) is 3.14. The molecular formula is C15H12ClN3O2. The van der Waals surface area contributed by atoms with E-state index >= 15 is 0 Å². The highest BCUT2D eigenvalue weighted by molar-refractivity contribution is 6.32. The van der Waals surface area contributed by atoms with Crippen molar-refractivity contribution in [1.82, 2.24) is 9.78 Å². The summed E-state index contributed by atoms with van der Waals surface area (Å²) in [5, 5.41) is 7.01. The van der Waals surface area contributed by atoms with Crippen molar-refractivity contribution in [2.24, 2.45) is 0 Å². The summed E-state index contributed by atoms with van der Waals surface area (Å²) in [6, 6.07) is 11.5. The summed E-state index contributed by atoms with van der Waals surface area (Å²) in [5.74, 6) is -0.326. The van der Waals surface area contributed by atoms with E-state index in [0.29, 0.717) is 17.8 Å². The number of halogens is 1. The highest BCUT2D eigenvalue weighted by Gasteiger charge is 2.13. The second-order valence-corrected chi connectivity index (χ2v) is 4.82. The van der Waals surface area contributed by atoms with Gasteiger partial charge in [-0.2, -0.15) is 5.10 Å². The Morgan fingerprint density at radius 3 is 2.81 bits per heavy atom. The molecule has 0 fully saturated rings. The van der Waals surface area contributed by atoms with Gasteiger partial charge >= 0.3 is 0 Å². The van der Waals surface area contributed by atoms with Gasteiger partial charge in [0.05, 0.1) is 30.3 Å². The van der Waals surface area contributed by atoms with E-state index in [1.165, 1.54) is 12.3 Å². The van der Waals surface area contributed by atoms with Crippen LogP contribution >= 0.6 is 11.6 Å². The van der Waals surface area contributed by atoms with E-state index in [-0.39, 0.29) is 11.1 Å². The second-order valence-electron chi connectivity index (χ2n) is 4.47. The number of carbonyl (C=O) groups is 1. The van der Waals surface area contributed by atoms with E-state index in [1.807, 2.05) is 30.3 Å². The van der Waals surface area contributed by atoms with Crippen molar-refractivity contribution in [3.8, 4) is 0 Å². The fourth-order valence-electron chi connectivity index (χ4n) is 1.94. The van der Waals surface area contributed by atoms with E-state index in [1.54, 1.807) is 17.1 Å². The number of carbonyl (C=O) groups excluding carboxylic acids is 1. The van der Waals surface area contributed by atoms with Gasteiger partial charge in [-0.05, 0) is 23.2 Å². The molecule has 1 aromatic carbocycles. The molecule has 0 saturated heterocycles. The third-order valence-corrected chi connectivity index (χ3v) is 3.23. The van der Waals surface area contributed by atoms with Crippen molar-refractivity contribution in [2.45, 2.75) is 6.54 Å². The Morgan fingerprint density at radius 2 is 2.10 bits per heavy atom. The molecule has 3 aromatic rings. The fourth-order valence-corrected chi connectivity index (χ4v) is 2.14. The fraction of sp³-hybridized carbons (Fsp3) is 0.0667. The number of amides is 1. The van der Waals surface area contributed by atoms with Gasteiger partial charge in [0, 0.05) is 6.20 Å². The number of hydrogen-bond acceptors (Lipinski definition) is 3. The van der Waals surface area contributed by atoms with Gasteiger partial charge in [0.1, 0.15) is 0 Å². The van der Waals surface area contributed by atoms with Crippen LogP contribution in [-0.4, -0.2) is 15.7 Å². The van der Waals surface area contributed by atoms with Crippen molar-refractivity contribution in [3.63, 3.8) is 0 Å². The predicted octanol–water partition coefficient (Wildman–Crippen LogP) is 3.43. The molecule has 21 heavy (non-hydrogen) atoms. The monoisotopic (exact) mass is 301 g/mol. The number of benzene rings is 1. The molecule has 5 nitrogen and oxygen atoms in total. The molecule has 106 valence electrons. The summed E-state index contributed by atoms with van der Waals surface area (Å²) in [5.41, 5.74) is 2.04. The molecule has 0 bridgehead atoms. The summed E-state index contributed by atoms with van der Waals surface area (Å²) >= 11 is 5.77. The predicted molar refractivity (Wildman–Crippen MR) is 79.4 cm³/mol. The van der Waals surface area contributed by atoms with Gasteiger partial charge in [0.2, 0.25) is 5.22 Å². The lowest BCUT2D eigenvalue weighted by Crippen LogP contribution is -2.10. The standard InChI is InChI=1S/C15H12ClN3O2/c16-14-13(6-7-21-14)15(20)18-12-8-17-19(10-12)9-11-4-2-1-3-5-11/h1-8,10H,9H2,(H,18,20). The van der Waals surface area contributed by atoms with Crippen LogP contribution in [0.2, 0.25) is 5.22 Å². The number of nitrogens with one attached hydrogen (secondary N) is 1. The van der Waals surface area contributed by atoms with Gasteiger partial charge in [0.25, 0.3) is 5.91 Å². The lowest BCUT2D eigenvalue weighted by molar-refractivity contribution is 0.102. The first kappa shape index (κ1) is 13.5. The molecule has 6 heteroatoms. The van der Waals surface area contributed by atoms with Gasteiger partial charge in [-0.1, -0.05) is 30.3 Å². The van der Waals surface area contributed by atoms with Crippen LogP contribution in [-0.2, 0) is 6.54 Å². The molecule has 0 spiro atoms. The summed E-state index contributed by atoms with van der Waals surface area (Å²) in [4.78, 5) is 12.0. The maximum atomic E-state index is 12.0. The molecule has 0 aliphatic carbocycles.